The van der Waals surface area contributed by atoms with Crippen LogP contribution in [0.25, 0.3) is 0 Å². The fourth-order valence-corrected chi connectivity index (χ4v) is 1.84. The van der Waals surface area contributed by atoms with Crippen LogP contribution in [0.4, 0.5) is 4.79 Å². The van der Waals surface area contributed by atoms with E-state index >= 15 is 0 Å². The van der Waals surface area contributed by atoms with E-state index in [9.17, 15) is 4.79 Å². The molecule has 1 amide bonds. The van der Waals surface area contributed by atoms with Crippen molar-refractivity contribution in [3.05, 3.63) is 29.6 Å². The van der Waals surface area contributed by atoms with Crippen molar-refractivity contribution >= 4 is 6.09 Å². The second-order valence-electron chi connectivity index (χ2n) is 4.46. The van der Waals surface area contributed by atoms with Crippen LogP contribution in [0.15, 0.2) is 18.3 Å². The Morgan fingerprint density at radius 1 is 1.50 bits per heavy atom. The van der Waals surface area contributed by atoms with E-state index in [2.05, 4.69) is 16.4 Å². The van der Waals surface area contributed by atoms with Gasteiger partial charge in [0, 0.05) is 19.3 Å². The second-order valence-corrected chi connectivity index (χ2v) is 4.46. The first kappa shape index (κ1) is 12.8. The highest BCUT2D eigenvalue weighted by Crippen LogP contribution is 2.03. The maximum Gasteiger partial charge on any atom is 0.409 e. The molecule has 0 bridgehead atoms. The van der Waals surface area contributed by atoms with Gasteiger partial charge < -0.3 is 15.0 Å². The predicted octanol–water partition coefficient (Wildman–Crippen LogP) is 1.32. The van der Waals surface area contributed by atoms with E-state index in [1.165, 1.54) is 5.56 Å². The van der Waals surface area contributed by atoms with Gasteiger partial charge in [-0.25, -0.2) is 4.79 Å². The number of hydrogen-bond donors (Lipinski definition) is 1. The predicted molar refractivity (Wildman–Crippen MR) is 68.2 cm³/mol. The Kier molecular flexibility index (Phi) is 4.52. The first-order chi connectivity index (χ1) is 8.75. The summed E-state index contributed by atoms with van der Waals surface area (Å²) in [5.74, 6) is 0. The van der Waals surface area contributed by atoms with Crippen LogP contribution in [0, 0.1) is 6.92 Å². The van der Waals surface area contributed by atoms with Crippen LogP contribution < -0.4 is 5.32 Å². The summed E-state index contributed by atoms with van der Waals surface area (Å²) in [6, 6.07) is 4.09. The zero-order valence-corrected chi connectivity index (χ0v) is 10.7. The highest BCUT2D eigenvalue weighted by molar-refractivity contribution is 5.69. The molecule has 1 saturated heterocycles. The van der Waals surface area contributed by atoms with Gasteiger partial charge in [0.25, 0.3) is 0 Å². The van der Waals surface area contributed by atoms with Crippen LogP contribution >= 0.6 is 0 Å². The number of aryl methyl sites for hydroxylation is 1. The average Bonchev–Trinajstić information content (AvgIpc) is 2.77. The van der Waals surface area contributed by atoms with Crippen LogP contribution in [0.2, 0.25) is 0 Å². The Morgan fingerprint density at radius 2 is 2.39 bits per heavy atom. The first-order valence-corrected chi connectivity index (χ1v) is 6.29. The first-order valence-electron chi connectivity index (χ1n) is 6.29. The molecule has 0 spiro atoms. The van der Waals surface area contributed by atoms with E-state index < -0.39 is 0 Å². The minimum absolute atomic E-state index is 0.185. The summed E-state index contributed by atoms with van der Waals surface area (Å²) in [4.78, 5) is 17.2. The lowest BCUT2D eigenvalue weighted by Gasteiger charge is -2.12. The van der Waals surface area contributed by atoms with Crippen molar-refractivity contribution in [2.45, 2.75) is 19.9 Å². The summed E-state index contributed by atoms with van der Waals surface area (Å²) >= 11 is 0. The topological polar surface area (TPSA) is 54.5 Å². The summed E-state index contributed by atoms with van der Waals surface area (Å²) in [5, 5.41) is 3.32. The molecular formula is C13H19N3O2. The minimum atomic E-state index is -0.185. The molecule has 2 heterocycles. The van der Waals surface area contributed by atoms with Crippen molar-refractivity contribution in [1.82, 2.24) is 15.2 Å². The molecule has 1 aromatic heterocycles. The number of aromatic nitrogens is 1. The van der Waals surface area contributed by atoms with Gasteiger partial charge in [0.05, 0.1) is 12.2 Å². The third kappa shape index (κ3) is 3.70. The molecule has 5 heteroatoms. The van der Waals surface area contributed by atoms with Crippen LogP contribution in [0.5, 0.6) is 0 Å². The van der Waals surface area contributed by atoms with Crippen molar-refractivity contribution in [1.29, 1.82) is 0 Å². The number of nitrogens with zero attached hydrogens (tertiary/aromatic N) is 2. The van der Waals surface area contributed by atoms with Crippen LogP contribution in [-0.4, -0.2) is 42.2 Å². The molecule has 0 unspecified atom stereocenters. The van der Waals surface area contributed by atoms with Crippen molar-refractivity contribution in [3.8, 4) is 0 Å². The Bertz CT molecular complexity index is 392. The molecule has 1 aromatic rings. The number of carbonyl (C=O) groups is 1. The molecule has 0 saturated carbocycles. The molecule has 0 aliphatic carbocycles. The van der Waals surface area contributed by atoms with Gasteiger partial charge >= 0.3 is 6.09 Å². The molecule has 0 atom stereocenters. The number of pyridine rings is 1. The molecule has 0 aromatic carbocycles. The number of nitrogens with one attached hydrogen (secondary N) is 1. The highest BCUT2D eigenvalue weighted by atomic mass is 16.6. The lowest BCUT2D eigenvalue weighted by molar-refractivity contribution is 0.158. The van der Waals surface area contributed by atoms with Gasteiger partial charge in [-0.05, 0) is 31.5 Å². The van der Waals surface area contributed by atoms with Crippen molar-refractivity contribution in [2.24, 2.45) is 0 Å². The summed E-state index contributed by atoms with van der Waals surface area (Å²) in [6.45, 7) is 5.68. The second kappa shape index (κ2) is 6.35. The molecule has 18 heavy (non-hydrogen) atoms. The fourth-order valence-electron chi connectivity index (χ4n) is 1.84. The van der Waals surface area contributed by atoms with Crippen molar-refractivity contribution in [3.63, 3.8) is 0 Å². The molecule has 1 N–H and O–H groups in total. The van der Waals surface area contributed by atoms with Gasteiger partial charge in [-0.2, -0.15) is 0 Å². The van der Waals surface area contributed by atoms with Gasteiger partial charge in [-0.1, -0.05) is 6.07 Å². The maximum atomic E-state index is 11.2. The minimum Gasteiger partial charge on any atom is -0.448 e. The Morgan fingerprint density at radius 3 is 3.06 bits per heavy atom. The average molecular weight is 249 g/mol. The van der Waals surface area contributed by atoms with Gasteiger partial charge in [0.1, 0.15) is 6.61 Å². The summed E-state index contributed by atoms with van der Waals surface area (Å²) in [6.07, 6.45) is 2.62. The van der Waals surface area contributed by atoms with Crippen LogP contribution in [0.3, 0.4) is 0 Å². The zero-order valence-electron chi connectivity index (χ0n) is 10.7. The van der Waals surface area contributed by atoms with Crippen molar-refractivity contribution < 1.29 is 9.53 Å². The number of cyclic esters (lactones) is 1. The molecule has 0 radical (unpaired) electrons. The van der Waals surface area contributed by atoms with Crippen LogP contribution in [-0.2, 0) is 11.3 Å². The lowest BCUT2D eigenvalue weighted by atomic mass is 10.3. The molecule has 98 valence electrons. The Hall–Kier alpha value is -1.62. The number of ether oxygens (including phenoxy) is 1. The smallest absolute Gasteiger partial charge is 0.409 e. The Balaban J connectivity index is 1.58. The quantitative estimate of drug-likeness (QED) is 0.773. The van der Waals surface area contributed by atoms with Crippen LogP contribution in [0.1, 0.15) is 17.7 Å². The van der Waals surface area contributed by atoms with E-state index in [0.29, 0.717) is 6.61 Å². The van der Waals surface area contributed by atoms with E-state index in [-0.39, 0.29) is 6.09 Å². The number of rotatable bonds is 6. The largest absolute Gasteiger partial charge is 0.448 e. The normalized spacial score (nSPS) is 14.9. The summed E-state index contributed by atoms with van der Waals surface area (Å²) in [7, 11) is 0. The zero-order chi connectivity index (χ0) is 12.8. The van der Waals surface area contributed by atoms with E-state index in [0.717, 1.165) is 38.3 Å². The summed E-state index contributed by atoms with van der Waals surface area (Å²) in [5.41, 5.74) is 2.22. The van der Waals surface area contributed by atoms with Gasteiger partial charge in [-0.3, -0.25) is 4.98 Å². The van der Waals surface area contributed by atoms with E-state index in [1.54, 1.807) is 4.90 Å². The third-order valence-corrected chi connectivity index (χ3v) is 2.91. The van der Waals surface area contributed by atoms with Crippen molar-refractivity contribution in [2.75, 3.05) is 26.2 Å². The lowest BCUT2D eigenvalue weighted by Crippen LogP contribution is -2.28. The van der Waals surface area contributed by atoms with Gasteiger partial charge in [0.15, 0.2) is 0 Å². The maximum absolute atomic E-state index is 11.2. The molecule has 2 rings (SSSR count). The highest BCUT2D eigenvalue weighted by Gasteiger charge is 2.20. The van der Waals surface area contributed by atoms with E-state index in [1.807, 2.05) is 19.2 Å². The molecule has 1 fully saturated rings. The van der Waals surface area contributed by atoms with Gasteiger partial charge in [-0.15, -0.1) is 0 Å². The summed E-state index contributed by atoms with van der Waals surface area (Å²) < 4.78 is 4.86. The molecule has 1 aliphatic rings. The Labute approximate surface area is 107 Å². The number of hydrogen-bond acceptors (Lipinski definition) is 4. The van der Waals surface area contributed by atoms with Gasteiger partial charge in [0.2, 0.25) is 0 Å². The molecule has 5 nitrogen and oxygen atoms in total. The fraction of sp³-hybridized carbons (Fsp3) is 0.538. The number of amides is 1. The molecular weight excluding hydrogens is 230 g/mol. The SMILES string of the molecule is Cc1ccc(CNCCCN2CCOC2=O)nc1. The number of carbonyl (C=O) groups excluding carboxylic acids is 1. The third-order valence-electron chi connectivity index (χ3n) is 2.91. The van der Waals surface area contributed by atoms with E-state index in [4.69, 9.17) is 4.74 Å². The monoisotopic (exact) mass is 249 g/mol. The molecule has 1 aliphatic heterocycles. The standard InChI is InChI=1S/C13H19N3O2/c1-11-3-4-12(15-9-11)10-14-5-2-6-16-7-8-18-13(16)17/h3-4,9,14H,2,5-8,10H2,1H3.